The fourth-order valence-corrected chi connectivity index (χ4v) is 3.57. The first-order valence-corrected chi connectivity index (χ1v) is 6.20. The molecule has 82 valence electrons. The van der Waals surface area contributed by atoms with Gasteiger partial charge in [0.15, 0.2) is 0 Å². The fraction of sp³-hybridized carbons (Fsp3) is 1.00. The van der Waals surface area contributed by atoms with Crippen LogP contribution in [0.2, 0.25) is 0 Å². The van der Waals surface area contributed by atoms with Crippen molar-refractivity contribution in [3.8, 4) is 0 Å². The van der Waals surface area contributed by atoms with E-state index in [2.05, 4.69) is 0 Å². The van der Waals surface area contributed by atoms with Crippen molar-refractivity contribution in [2.45, 2.75) is 5.52 Å². The molecular weight excluding hydrogens is 222 g/mol. The Kier molecular flexibility index (Phi) is 5.59. The molecule has 0 spiro atoms. The van der Waals surface area contributed by atoms with Gasteiger partial charge in [-0.05, 0) is 14.1 Å². The summed E-state index contributed by atoms with van der Waals surface area (Å²) < 4.78 is 21.2. The van der Waals surface area contributed by atoms with E-state index in [4.69, 9.17) is 19.6 Å². The SMILES string of the molecule is CN(C)C(P(=O)(O)O)P(=O)(O)O.N. The Morgan fingerprint density at radius 2 is 1.23 bits per heavy atom. The first-order chi connectivity index (χ1) is 5.07. The molecule has 0 bridgehead atoms. The van der Waals surface area contributed by atoms with Crippen molar-refractivity contribution in [1.82, 2.24) is 11.1 Å². The highest BCUT2D eigenvalue weighted by Gasteiger charge is 2.44. The zero-order valence-electron chi connectivity index (χ0n) is 7.23. The lowest BCUT2D eigenvalue weighted by Crippen LogP contribution is -2.27. The maximum absolute atomic E-state index is 10.6. The van der Waals surface area contributed by atoms with Gasteiger partial charge in [0.05, 0.1) is 0 Å². The molecule has 0 aliphatic carbocycles. The van der Waals surface area contributed by atoms with E-state index in [1.807, 2.05) is 0 Å². The molecule has 0 rings (SSSR count). The zero-order valence-corrected chi connectivity index (χ0v) is 9.02. The van der Waals surface area contributed by atoms with Crippen LogP contribution in [0.4, 0.5) is 0 Å². The lowest BCUT2D eigenvalue weighted by molar-refractivity contribution is 0.280. The Hall–Kier alpha value is 0.220. The van der Waals surface area contributed by atoms with Gasteiger partial charge in [0.25, 0.3) is 0 Å². The highest BCUT2D eigenvalue weighted by molar-refractivity contribution is 7.70. The molecule has 0 radical (unpaired) electrons. The monoisotopic (exact) mass is 236 g/mol. The molecule has 0 heterocycles. The highest BCUT2D eigenvalue weighted by Crippen LogP contribution is 2.60. The van der Waals surface area contributed by atoms with Crippen molar-refractivity contribution in [2.75, 3.05) is 14.1 Å². The van der Waals surface area contributed by atoms with Gasteiger partial charge in [-0.2, -0.15) is 0 Å². The predicted molar refractivity (Wildman–Crippen MR) is 46.6 cm³/mol. The molecule has 10 heteroatoms. The quantitative estimate of drug-likeness (QED) is 0.405. The first kappa shape index (κ1) is 15.7. The minimum Gasteiger partial charge on any atom is -0.344 e. The third-order valence-electron chi connectivity index (χ3n) is 1.06. The summed E-state index contributed by atoms with van der Waals surface area (Å²) in [5.74, 6) is 0. The summed E-state index contributed by atoms with van der Waals surface area (Å²) in [6, 6.07) is 0. The van der Waals surface area contributed by atoms with Gasteiger partial charge in [-0.25, -0.2) is 0 Å². The van der Waals surface area contributed by atoms with E-state index < -0.39 is 20.7 Å². The largest absolute Gasteiger partial charge is 0.354 e. The average molecular weight is 236 g/mol. The smallest absolute Gasteiger partial charge is 0.344 e. The molecule has 8 nitrogen and oxygen atoms in total. The van der Waals surface area contributed by atoms with Gasteiger partial charge in [0, 0.05) is 0 Å². The molecule has 13 heavy (non-hydrogen) atoms. The highest BCUT2D eigenvalue weighted by atomic mass is 31.2. The molecule has 0 aromatic rings. The molecule has 0 fully saturated rings. The summed E-state index contributed by atoms with van der Waals surface area (Å²) in [5.41, 5.74) is -2.05. The third-order valence-corrected chi connectivity index (χ3v) is 5.00. The fourth-order valence-electron chi connectivity index (χ4n) is 0.798. The van der Waals surface area contributed by atoms with E-state index >= 15 is 0 Å². The van der Waals surface area contributed by atoms with Crippen molar-refractivity contribution in [1.29, 1.82) is 0 Å². The van der Waals surface area contributed by atoms with E-state index in [0.717, 1.165) is 4.90 Å². The second-order valence-corrected chi connectivity index (χ2v) is 6.23. The van der Waals surface area contributed by atoms with E-state index in [-0.39, 0.29) is 6.15 Å². The van der Waals surface area contributed by atoms with E-state index in [1.165, 1.54) is 14.1 Å². The van der Waals surface area contributed by atoms with E-state index in [0.29, 0.717) is 0 Å². The summed E-state index contributed by atoms with van der Waals surface area (Å²) in [5, 5.41) is 0. The molecule has 0 amide bonds. The van der Waals surface area contributed by atoms with Crippen LogP contribution < -0.4 is 6.15 Å². The van der Waals surface area contributed by atoms with Gasteiger partial charge >= 0.3 is 15.2 Å². The van der Waals surface area contributed by atoms with Crippen molar-refractivity contribution in [3.63, 3.8) is 0 Å². The minimum absolute atomic E-state index is 0. The molecule has 0 atom stereocenters. The summed E-state index contributed by atoms with van der Waals surface area (Å²) in [6.07, 6.45) is 0. The summed E-state index contributed by atoms with van der Waals surface area (Å²) in [4.78, 5) is 35.0. The zero-order chi connectivity index (χ0) is 10.2. The van der Waals surface area contributed by atoms with E-state index in [1.54, 1.807) is 0 Å². The van der Waals surface area contributed by atoms with Crippen molar-refractivity contribution in [3.05, 3.63) is 0 Å². The summed E-state index contributed by atoms with van der Waals surface area (Å²) >= 11 is 0. The van der Waals surface area contributed by atoms with Crippen LogP contribution >= 0.6 is 15.2 Å². The number of hydrogen-bond donors (Lipinski definition) is 5. The van der Waals surface area contributed by atoms with Crippen LogP contribution in [0.5, 0.6) is 0 Å². The number of nitrogens with zero attached hydrogens (tertiary/aromatic N) is 1. The van der Waals surface area contributed by atoms with E-state index in [9.17, 15) is 9.13 Å². The van der Waals surface area contributed by atoms with Crippen LogP contribution in [0.15, 0.2) is 0 Å². The Bertz CT molecular complexity index is 220. The molecule has 7 N–H and O–H groups in total. The van der Waals surface area contributed by atoms with Crippen LogP contribution in [0.1, 0.15) is 0 Å². The molecule has 0 aliphatic heterocycles. The molecule has 0 aromatic carbocycles. The van der Waals surface area contributed by atoms with Gasteiger partial charge in [-0.3, -0.25) is 14.0 Å². The minimum atomic E-state index is -4.79. The van der Waals surface area contributed by atoms with Gasteiger partial charge in [0.1, 0.15) is 0 Å². The van der Waals surface area contributed by atoms with Crippen molar-refractivity contribution >= 4 is 15.2 Å². The van der Waals surface area contributed by atoms with Gasteiger partial charge in [-0.1, -0.05) is 0 Å². The third kappa shape index (κ3) is 4.85. The lowest BCUT2D eigenvalue weighted by Gasteiger charge is -2.25. The molecular formula is C3H14N2O6P2. The molecule has 0 aliphatic rings. The molecule has 0 aromatic heterocycles. The number of hydrogen-bond acceptors (Lipinski definition) is 4. The van der Waals surface area contributed by atoms with Crippen molar-refractivity contribution in [2.24, 2.45) is 0 Å². The maximum Gasteiger partial charge on any atom is 0.354 e. The first-order valence-electron chi connectivity index (χ1n) is 2.83. The predicted octanol–water partition coefficient (Wildman–Crippen LogP) is -0.651. The number of rotatable bonds is 3. The average Bonchev–Trinajstić information content (AvgIpc) is 1.49. The van der Waals surface area contributed by atoms with Crippen LogP contribution in [-0.2, 0) is 9.13 Å². The van der Waals surface area contributed by atoms with Gasteiger partial charge < -0.3 is 25.7 Å². The lowest BCUT2D eigenvalue weighted by atomic mass is 11.0. The van der Waals surface area contributed by atoms with Gasteiger partial charge in [0.2, 0.25) is 5.52 Å². The Morgan fingerprint density at radius 3 is 1.23 bits per heavy atom. The van der Waals surface area contributed by atoms with Gasteiger partial charge in [-0.15, -0.1) is 0 Å². The normalized spacial score (nSPS) is 13.2. The summed E-state index contributed by atoms with van der Waals surface area (Å²) in [6.45, 7) is 0. The topological polar surface area (TPSA) is 153 Å². The second-order valence-electron chi connectivity index (χ2n) is 2.49. The molecule has 0 unspecified atom stereocenters. The maximum atomic E-state index is 10.6. The Morgan fingerprint density at radius 1 is 1.00 bits per heavy atom. The standard InChI is InChI=1S/C3H11NO6P2.H3N/c1-4(2)3(11(5,6)7)12(8,9)10;/h3H,1-2H3,(H2,5,6,7)(H2,8,9,10);1H3. The van der Waals surface area contributed by atoms with Crippen molar-refractivity contribution < 1.29 is 28.7 Å². The summed E-state index contributed by atoms with van der Waals surface area (Å²) in [7, 11) is -7.21. The Labute approximate surface area is 75.5 Å². The van der Waals surface area contributed by atoms with Crippen LogP contribution in [0.3, 0.4) is 0 Å². The molecule has 0 saturated carbocycles. The van der Waals surface area contributed by atoms with Crippen LogP contribution in [0.25, 0.3) is 0 Å². The van der Waals surface area contributed by atoms with Crippen LogP contribution in [0, 0.1) is 0 Å². The van der Waals surface area contributed by atoms with Crippen LogP contribution in [-0.4, -0.2) is 44.1 Å². The second kappa shape index (κ2) is 4.63. The molecule has 0 saturated heterocycles. The Balaban J connectivity index is 0.